The van der Waals surface area contributed by atoms with E-state index in [9.17, 15) is 22.5 Å². The first kappa shape index (κ1) is 35.5. The van der Waals surface area contributed by atoms with Crippen LogP contribution >= 0.6 is 0 Å². The minimum absolute atomic E-state index is 0. The van der Waals surface area contributed by atoms with Crippen LogP contribution in [0.15, 0.2) is 54.6 Å². The second-order valence-corrected chi connectivity index (χ2v) is 12.5. The standard InChI is InChI=1S/C33H38BF3N3O4.K/c1-21-23(18-29(22(2)30(21)34(35,36)37)38-31(41)44-33(3,4)5)19-39-14-16-40(17-15-39)32(42)43-20-28-26-12-8-6-10-24(26)25-11-7-9-13-27(25)28;/h6-13,18,28H,14-17,19-20H2,1-5H3,(H,38,41);/q-1;+1. The summed E-state index contributed by atoms with van der Waals surface area (Å²) in [5, 5.41) is 2.52. The number of nitrogens with zero attached hydrogens (tertiary/aromatic N) is 2. The predicted octanol–water partition coefficient (Wildman–Crippen LogP) is 3.78. The third-order valence-corrected chi connectivity index (χ3v) is 8.34. The average molecular weight is 648 g/mol. The van der Waals surface area contributed by atoms with Gasteiger partial charge in [0.1, 0.15) is 12.2 Å². The molecule has 0 radical (unpaired) electrons. The fraction of sp³-hybridized carbons (Fsp3) is 0.394. The SMILES string of the molecule is Cc1c(CN2CCN(C(=O)OCC3c4ccccc4-c4ccccc43)CC2)cc(NC(=O)OC(C)(C)C)c(C)c1[B-](F)(F)F.[K+]. The van der Waals surface area contributed by atoms with Crippen LogP contribution in [0.2, 0.25) is 0 Å². The Labute approximate surface area is 305 Å². The molecule has 1 saturated heterocycles. The average Bonchev–Trinajstić information content (AvgIpc) is 3.26. The van der Waals surface area contributed by atoms with Gasteiger partial charge in [-0.1, -0.05) is 59.7 Å². The van der Waals surface area contributed by atoms with Crippen molar-refractivity contribution in [3.05, 3.63) is 82.4 Å². The maximum absolute atomic E-state index is 14.2. The normalized spacial score (nSPS) is 15.2. The summed E-state index contributed by atoms with van der Waals surface area (Å²) in [5.74, 6) is -0.0370. The maximum Gasteiger partial charge on any atom is 1.00 e. The Morgan fingerprint density at radius 1 is 0.911 bits per heavy atom. The molecule has 0 atom stereocenters. The molecule has 0 spiro atoms. The molecular formula is C33H38BF3KN3O4. The fourth-order valence-corrected chi connectivity index (χ4v) is 6.20. The van der Waals surface area contributed by atoms with E-state index >= 15 is 0 Å². The molecule has 2 amide bonds. The number of fused-ring (bicyclic) bond motifs is 3. The van der Waals surface area contributed by atoms with Gasteiger partial charge in [0, 0.05) is 44.3 Å². The summed E-state index contributed by atoms with van der Waals surface area (Å²) in [6, 6.07) is 17.9. The first-order valence-electron chi connectivity index (χ1n) is 14.9. The van der Waals surface area contributed by atoms with Crippen LogP contribution < -0.4 is 62.2 Å². The predicted molar refractivity (Wildman–Crippen MR) is 166 cm³/mol. The molecule has 0 unspecified atom stereocenters. The molecule has 1 aliphatic carbocycles. The molecule has 1 fully saturated rings. The minimum Gasteiger partial charge on any atom is -0.448 e. The maximum atomic E-state index is 14.2. The summed E-state index contributed by atoms with van der Waals surface area (Å²) in [6.45, 7) is 4.76. The molecule has 7 nitrogen and oxygen atoms in total. The van der Waals surface area contributed by atoms with E-state index in [0.29, 0.717) is 31.7 Å². The number of hydrogen-bond acceptors (Lipinski definition) is 5. The van der Waals surface area contributed by atoms with Crippen molar-refractivity contribution in [2.24, 2.45) is 0 Å². The van der Waals surface area contributed by atoms with Crippen molar-refractivity contribution in [3.63, 3.8) is 0 Å². The molecule has 3 aromatic rings. The van der Waals surface area contributed by atoms with Crippen molar-refractivity contribution in [2.45, 2.75) is 52.7 Å². The number of nitrogens with one attached hydrogen (secondary N) is 1. The molecule has 12 heteroatoms. The summed E-state index contributed by atoms with van der Waals surface area (Å²) in [6.07, 6.45) is -1.21. The number of anilines is 1. The fourth-order valence-electron chi connectivity index (χ4n) is 6.20. The van der Waals surface area contributed by atoms with Gasteiger partial charge in [-0.2, -0.15) is 0 Å². The Balaban J connectivity index is 0.00000461. The summed E-state index contributed by atoms with van der Waals surface area (Å²) in [4.78, 5) is 29.1. The quantitative estimate of drug-likeness (QED) is 0.413. The molecule has 0 aromatic heterocycles. The Hall–Kier alpha value is -2.35. The first-order chi connectivity index (χ1) is 20.7. The molecule has 2 aliphatic rings. The van der Waals surface area contributed by atoms with Crippen LogP contribution in [0.1, 0.15) is 54.5 Å². The van der Waals surface area contributed by atoms with Gasteiger partial charge in [0.25, 0.3) is 0 Å². The van der Waals surface area contributed by atoms with Crippen LogP contribution in [0.5, 0.6) is 0 Å². The van der Waals surface area contributed by atoms with Crippen molar-refractivity contribution in [3.8, 4) is 11.1 Å². The summed E-state index contributed by atoms with van der Waals surface area (Å²) in [5.41, 5.74) is 3.73. The molecule has 1 N–H and O–H groups in total. The van der Waals surface area contributed by atoms with Crippen LogP contribution in [0, 0.1) is 13.8 Å². The van der Waals surface area contributed by atoms with Gasteiger partial charge in [0.2, 0.25) is 0 Å². The Morgan fingerprint density at radius 3 is 2.00 bits per heavy atom. The van der Waals surface area contributed by atoms with E-state index < -0.39 is 30.2 Å². The van der Waals surface area contributed by atoms with Gasteiger partial charge in [-0.25, -0.2) is 9.59 Å². The zero-order valence-electron chi connectivity index (χ0n) is 26.8. The van der Waals surface area contributed by atoms with Crippen LogP contribution in [0.25, 0.3) is 11.1 Å². The second kappa shape index (κ2) is 14.2. The van der Waals surface area contributed by atoms with Crippen LogP contribution in [0.4, 0.5) is 28.2 Å². The number of benzene rings is 3. The number of rotatable bonds is 6. The number of carbonyl (C=O) groups excluding carboxylic acids is 2. The van der Waals surface area contributed by atoms with E-state index in [1.807, 2.05) is 29.2 Å². The molecule has 5 rings (SSSR count). The van der Waals surface area contributed by atoms with Gasteiger partial charge in [-0.15, -0.1) is 5.46 Å². The number of hydrogen-bond donors (Lipinski definition) is 1. The van der Waals surface area contributed by atoms with E-state index in [1.165, 1.54) is 13.8 Å². The van der Waals surface area contributed by atoms with Gasteiger partial charge in [0.05, 0.1) is 0 Å². The van der Waals surface area contributed by atoms with Gasteiger partial charge in [-0.05, 0) is 68.5 Å². The van der Waals surface area contributed by atoms with Crippen LogP contribution in [-0.2, 0) is 16.0 Å². The number of piperazine rings is 1. The number of halogens is 3. The van der Waals surface area contributed by atoms with E-state index in [4.69, 9.17) is 9.47 Å². The smallest absolute Gasteiger partial charge is 0.448 e. The monoisotopic (exact) mass is 647 g/mol. The Kier molecular flexibility index (Phi) is 11.2. The molecule has 0 bridgehead atoms. The minimum atomic E-state index is -5.33. The third-order valence-electron chi connectivity index (χ3n) is 8.34. The third kappa shape index (κ3) is 8.15. The van der Waals surface area contributed by atoms with Crippen molar-refractivity contribution in [1.29, 1.82) is 0 Å². The molecule has 1 heterocycles. The van der Waals surface area contributed by atoms with Gasteiger partial charge in [0.15, 0.2) is 0 Å². The van der Waals surface area contributed by atoms with Crippen LogP contribution in [-0.4, -0.2) is 67.4 Å². The van der Waals surface area contributed by atoms with E-state index in [1.54, 1.807) is 31.7 Å². The van der Waals surface area contributed by atoms with Gasteiger partial charge >= 0.3 is 70.5 Å². The molecular weight excluding hydrogens is 609 g/mol. The van der Waals surface area contributed by atoms with Crippen LogP contribution in [0.3, 0.4) is 0 Å². The zero-order valence-corrected chi connectivity index (χ0v) is 29.9. The van der Waals surface area contributed by atoms with Gasteiger partial charge in [-0.3, -0.25) is 10.2 Å². The van der Waals surface area contributed by atoms with Crippen molar-refractivity contribution < 1.29 is 83.4 Å². The van der Waals surface area contributed by atoms with E-state index in [2.05, 4.69) is 29.6 Å². The van der Waals surface area contributed by atoms with E-state index in [0.717, 1.165) is 22.3 Å². The number of amides is 2. The zero-order chi connectivity index (χ0) is 31.8. The number of ether oxygens (including phenoxy) is 2. The number of carbonyl (C=O) groups is 2. The topological polar surface area (TPSA) is 71.1 Å². The van der Waals surface area contributed by atoms with Crippen molar-refractivity contribution in [2.75, 3.05) is 38.1 Å². The van der Waals surface area contributed by atoms with E-state index in [-0.39, 0.29) is 87.3 Å². The largest absolute Gasteiger partial charge is 1.00 e. The molecule has 45 heavy (non-hydrogen) atoms. The first-order valence-corrected chi connectivity index (χ1v) is 14.9. The molecule has 234 valence electrons. The summed E-state index contributed by atoms with van der Waals surface area (Å²) < 4.78 is 53.7. The Bertz CT molecular complexity index is 1520. The summed E-state index contributed by atoms with van der Waals surface area (Å²) in [7, 11) is 0. The van der Waals surface area contributed by atoms with Gasteiger partial charge < -0.3 is 27.3 Å². The second-order valence-electron chi connectivity index (χ2n) is 12.5. The van der Waals surface area contributed by atoms with Crippen molar-refractivity contribution in [1.82, 2.24) is 9.80 Å². The summed E-state index contributed by atoms with van der Waals surface area (Å²) >= 11 is 0. The van der Waals surface area contributed by atoms with Crippen molar-refractivity contribution >= 4 is 30.3 Å². The molecule has 1 aliphatic heterocycles. The Morgan fingerprint density at radius 2 is 1.47 bits per heavy atom. The molecule has 3 aromatic carbocycles. The molecule has 0 saturated carbocycles.